The Labute approximate surface area is 135 Å². The SMILES string of the molecule is Cc1ccccc1OC[C@H](C)NC(=O)COc1ccc(F)cc1. The summed E-state index contributed by atoms with van der Waals surface area (Å²) >= 11 is 0. The van der Waals surface area contributed by atoms with Crippen LogP contribution in [0, 0.1) is 12.7 Å². The number of ether oxygens (including phenoxy) is 2. The molecule has 122 valence electrons. The molecule has 1 N–H and O–H groups in total. The fourth-order valence-electron chi connectivity index (χ4n) is 1.97. The summed E-state index contributed by atoms with van der Waals surface area (Å²) in [5.74, 6) is 0.653. The van der Waals surface area contributed by atoms with Gasteiger partial charge in [0.15, 0.2) is 6.61 Å². The van der Waals surface area contributed by atoms with E-state index in [2.05, 4.69) is 5.32 Å². The van der Waals surface area contributed by atoms with Crippen molar-refractivity contribution in [3.8, 4) is 11.5 Å². The van der Waals surface area contributed by atoms with Gasteiger partial charge in [0.05, 0.1) is 6.04 Å². The first kappa shape index (κ1) is 16.8. The number of amides is 1. The number of nitrogens with one attached hydrogen (secondary N) is 1. The fraction of sp³-hybridized carbons (Fsp3) is 0.278. The Morgan fingerprint density at radius 2 is 1.83 bits per heavy atom. The third-order valence-electron chi connectivity index (χ3n) is 3.17. The van der Waals surface area contributed by atoms with E-state index >= 15 is 0 Å². The smallest absolute Gasteiger partial charge is 0.258 e. The highest BCUT2D eigenvalue weighted by Crippen LogP contribution is 2.16. The minimum Gasteiger partial charge on any atom is -0.491 e. The van der Waals surface area contributed by atoms with Crippen molar-refractivity contribution in [3.05, 3.63) is 59.9 Å². The molecule has 0 aliphatic heterocycles. The monoisotopic (exact) mass is 317 g/mol. The largest absolute Gasteiger partial charge is 0.491 e. The number of aryl methyl sites for hydroxylation is 1. The summed E-state index contributed by atoms with van der Waals surface area (Å²) in [5, 5.41) is 2.79. The van der Waals surface area contributed by atoms with Crippen molar-refractivity contribution in [2.24, 2.45) is 0 Å². The van der Waals surface area contributed by atoms with Gasteiger partial charge in [-0.05, 0) is 49.7 Å². The van der Waals surface area contributed by atoms with E-state index in [1.165, 1.54) is 24.3 Å². The molecule has 0 bridgehead atoms. The summed E-state index contributed by atoms with van der Waals surface area (Å²) in [6.07, 6.45) is 0. The Morgan fingerprint density at radius 1 is 1.13 bits per heavy atom. The van der Waals surface area contributed by atoms with E-state index in [0.29, 0.717) is 12.4 Å². The van der Waals surface area contributed by atoms with Gasteiger partial charge >= 0.3 is 0 Å². The molecule has 0 aliphatic rings. The highest BCUT2D eigenvalue weighted by Gasteiger charge is 2.09. The first-order valence-corrected chi connectivity index (χ1v) is 7.41. The zero-order chi connectivity index (χ0) is 16.7. The average molecular weight is 317 g/mol. The molecule has 2 aromatic rings. The number of rotatable bonds is 7. The van der Waals surface area contributed by atoms with Gasteiger partial charge in [-0.2, -0.15) is 0 Å². The van der Waals surface area contributed by atoms with E-state index in [9.17, 15) is 9.18 Å². The van der Waals surface area contributed by atoms with E-state index in [0.717, 1.165) is 11.3 Å². The topological polar surface area (TPSA) is 47.6 Å². The van der Waals surface area contributed by atoms with Crippen molar-refractivity contribution >= 4 is 5.91 Å². The number of hydrogen-bond donors (Lipinski definition) is 1. The molecule has 0 fully saturated rings. The lowest BCUT2D eigenvalue weighted by Crippen LogP contribution is -2.39. The van der Waals surface area contributed by atoms with Crippen LogP contribution in [0.25, 0.3) is 0 Å². The normalized spacial score (nSPS) is 11.6. The highest BCUT2D eigenvalue weighted by molar-refractivity contribution is 5.77. The van der Waals surface area contributed by atoms with Gasteiger partial charge in [0.2, 0.25) is 0 Å². The molecule has 0 aliphatic carbocycles. The van der Waals surface area contributed by atoms with Gasteiger partial charge in [-0.25, -0.2) is 4.39 Å². The molecule has 5 heteroatoms. The summed E-state index contributed by atoms with van der Waals surface area (Å²) in [6, 6.07) is 13.1. The van der Waals surface area contributed by atoms with Crippen LogP contribution in [0.3, 0.4) is 0 Å². The molecule has 0 unspecified atom stereocenters. The number of carbonyl (C=O) groups excluding carboxylic acids is 1. The predicted octanol–water partition coefficient (Wildman–Crippen LogP) is 3.10. The quantitative estimate of drug-likeness (QED) is 0.853. The van der Waals surface area contributed by atoms with Crippen LogP contribution in [-0.4, -0.2) is 25.2 Å². The van der Waals surface area contributed by atoms with Crippen LogP contribution < -0.4 is 14.8 Å². The van der Waals surface area contributed by atoms with Crippen LogP contribution in [0.2, 0.25) is 0 Å². The van der Waals surface area contributed by atoms with Crippen LogP contribution >= 0.6 is 0 Å². The minimum atomic E-state index is -0.344. The number of para-hydroxylation sites is 1. The molecule has 0 aromatic heterocycles. The Balaban J connectivity index is 1.72. The van der Waals surface area contributed by atoms with Crippen LogP contribution in [0.5, 0.6) is 11.5 Å². The van der Waals surface area contributed by atoms with E-state index in [1.54, 1.807) is 0 Å². The van der Waals surface area contributed by atoms with Crippen LogP contribution in [0.4, 0.5) is 4.39 Å². The second kappa shape index (κ2) is 8.17. The fourth-order valence-corrected chi connectivity index (χ4v) is 1.97. The third-order valence-corrected chi connectivity index (χ3v) is 3.17. The van der Waals surface area contributed by atoms with Crippen molar-refractivity contribution in [1.82, 2.24) is 5.32 Å². The summed E-state index contributed by atoms with van der Waals surface area (Å²) in [6.45, 7) is 4.07. The molecule has 0 saturated carbocycles. The Morgan fingerprint density at radius 3 is 2.52 bits per heavy atom. The Hall–Kier alpha value is -2.56. The van der Waals surface area contributed by atoms with Crippen molar-refractivity contribution < 1.29 is 18.7 Å². The van der Waals surface area contributed by atoms with Crippen LogP contribution in [-0.2, 0) is 4.79 Å². The maximum absolute atomic E-state index is 12.8. The Bertz CT molecular complexity index is 643. The van der Waals surface area contributed by atoms with Gasteiger partial charge in [0.1, 0.15) is 23.9 Å². The maximum Gasteiger partial charge on any atom is 0.258 e. The van der Waals surface area contributed by atoms with Crippen LogP contribution in [0.15, 0.2) is 48.5 Å². The standard InChI is InChI=1S/C18H20FNO3/c1-13-5-3-4-6-17(13)23-11-14(2)20-18(21)12-22-16-9-7-15(19)8-10-16/h3-10,14H,11-12H2,1-2H3,(H,20,21)/t14-/m0/s1. The molecule has 0 heterocycles. The lowest BCUT2D eigenvalue weighted by molar-refractivity contribution is -0.123. The van der Waals surface area contributed by atoms with E-state index < -0.39 is 0 Å². The number of carbonyl (C=O) groups is 1. The molecule has 0 saturated heterocycles. The van der Waals surface area contributed by atoms with Gasteiger partial charge in [0, 0.05) is 0 Å². The summed E-state index contributed by atoms with van der Waals surface area (Å²) in [5.41, 5.74) is 1.05. The van der Waals surface area contributed by atoms with Crippen LogP contribution in [0.1, 0.15) is 12.5 Å². The number of halogens is 1. The van der Waals surface area contributed by atoms with Crippen molar-refractivity contribution in [1.29, 1.82) is 0 Å². The lowest BCUT2D eigenvalue weighted by Gasteiger charge is -2.16. The lowest BCUT2D eigenvalue weighted by atomic mass is 10.2. The summed E-state index contributed by atoms with van der Waals surface area (Å²) < 4.78 is 23.7. The molecule has 2 aromatic carbocycles. The predicted molar refractivity (Wildman–Crippen MR) is 86.2 cm³/mol. The molecule has 0 radical (unpaired) electrons. The zero-order valence-electron chi connectivity index (χ0n) is 13.2. The molecule has 1 amide bonds. The second-order valence-corrected chi connectivity index (χ2v) is 5.29. The highest BCUT2D eigenvalue weighted by atomic mass is 19.1. The molecule has 4 nitrogen and oxygen atoms in total. The van der Waals surface area contributed by atoms with E-state index in [1.807, 2.05) is 38.1 Å². The van der Waals surface area contributed by atoms with E-state index in [-0.39, 0.29) is 24.4 Å². The molecule has 0 spiro atoms. The van der Waals surface area contributed by atoms with Crippen molar-refractivity contribution in [3.63, 3.8) is 0 Å². The maximum atomic E-state index is 12.8. The van der Waals surface area contributed by atoms with Crippen molar-refractivity contribution in [2.45, 2.75) is 19.9 Å². The first-order valence-electron chi connectivity index (χ1n) is 7.41. The van der Waals surface area contributed by atoms with Gasteiger partial charge in [0.25, 0.3) is 5.91 Å². The molecule has 2 rings (SSSR count). The first-order chi connectivity index (χ1) is 11.0. The number of benzene rings is 2. The molecular formula is C18H20FNO3. The van der Waals surface area contributed by atoms with E-state index in [4.69, 9.17) is 9.47 Å². The molecule has 23 heavy (non-hydrogen) atoms. The second-order valence-electron chi connectivity index (χ2n) is 5.29. The molecular weight excluding hydrogens is 297 g/mol. The van der Waals surface area contributed by atoms with Gasteiger partial charge < -0.3 is 14.8 Å². The van der Waals surface area contributed by atoms with Gasteiger partial charge in [-0.1, -0.05) is 18.2 Å². The van der Waals surface area contributed by atoms with Gasteiger partial charge in [-0.15, -0.1) is 0 Å². The minimum absolute atomic E-state index is 0.125. The van der Waals surface area contributed by atoms with Crippen molar-refractivity contribution in [2.75, 3.05) is 13.2 Å². The van der Waals surface area contributed by atoms with Gasteiger partial charge in [-0.3, -0.25) is 4.79 Å². The number of hydrogen-bond acceptors (Lipinski definition) is 3. The zero-order valence-corrected chi connectivity index (χ0v) is 13.2. The molecule has 1 atom stereocenters. The Kier molecular flexibility index (Phi) is 5.97. The third kappa shape index (κ3) is 5.62. The summed E-state index contributed by atoms with van der Waals surface area (Å²) in [4.78, 5) is 11.8. The average Bonchev–Trinajstić information content (AvgIpc) is 2.53. The summed E-state index contributed by atoms with van der Waals surface area (Å²) in [7, 11) is 0.